The molecule has 1 saturated heterocycles. The van der Waals surface area contributed by atoms with E-state index in [-0.39, 0.29) is 10.1 Å². The van der Waals surface area contributed by atoms with Gasteiger partial charge in [0, 0.05) is 6.42 Å². The molecule has 1 unspecified atom stereocenters. The van der Waals surface area contributed by atoms with Gasteiger partial charge in [-0.3, -0.25) is 0 Å². The quantitative estimate of drug-likeness (QED) is 0.514. The molecule has 0 aromatic carbocycles. The molecule has 0 aromatic rings. The van der Waals surface area contributed by atoms with Gasteiger partial charge >= 0.3 is 3.98 Å². The summed E-state index contributed by atoms with van der Waals surface area (Å²) in [4.78, 5) is 10.3. The van der Waals surface area contributed by atoms with Crippen molar-refractivity contribution in [2.75, 3.05) is 13.2 Å². The fourth-order valence-corrected chi connectivity index (χ4v) is 1.10. The minimum absolute atomic E-state index is 0.00870. The van der Waals surface area contributed by atoms with E-state index in [4.69, 9.17) is 9.47 Å². The highest BCUT2D eigenvalue weighted by molar-refractivity contribution is 14.1. The van der Waals surface area contributed by atoms with E-state index >= 15 is 0 Å². The molecular weight excluding hydrogens is 235 g/mol. The van der Waals surface area contributed by atoms with Crippen LogP contribution in [0.5, 0.6) is 0 Å². The van der Waals surface area contributed by atoms with Crippen LogP contribution in [-0.2, 0) is 9.47 Å². The normalized spacial score (nSPS) is 26.1. The highest BCUT2D eigenvalue weighted by atomic mass is 127. The van der Waals surface area contributed by atoms with Crippen LogP contribution in [0.15, 0.2) is 0 Å². The SMILES string of the molecule is O=C(I)OC1CCOC1. The number of halogens is 1. The second-order valence-electron chi connectivity index (χ2n) is 1.84. The Labute approximate surface area is 66.8 Å². The first-order valence-corrected chi connectivity index (χ1v) is 3.81. The van der Waals surface area contributed by atoms with Gasteiger partial charge in [-0.2, -0.15) is 0 Å². The fraction of sp³-hybridized carbons (Fsp3) is 0.800. The molecule has 0 saturated carbocycles. The van der Waals surface area contributed by atoms with Crippen molar-refractivity contribution >= 4 is 26.6 Å². The van der Waals surface area contributed by atoms with Crippen LogP contribution in [0.25, 0.3) is 0 Å². The minimum Gasteiger partial charge on any atom is -0.452 e. The molecule has 4 heteroatoms. The predicted octanol–water partition coefficient (Wildman–Crippen LogP) is 1.35. The first kappa shape index (κ1) is 7.27. The van der Waals surface area contributed by atoms with Crippen molar-refractivity contribution in [3.63, 3.8) is 0 Å². The van der Waals surface area contributed by atoms with Crippen molar-refractivity contribution in [1.29, 1.82) is 0 Å². The summed E-state index contributed by atoms with van der Waals surface area (Å²) < 4.78 is 9.56. The molecule has 0 aliphatic carbocycles. The standard InChI is InChI=1S/C5H7IO3/c6-5(7)9-4-1-2-8-3-4/h4H,1-3H2. The lowest BCUT2D eigenvalue weighted by molar-refractivity contribution is 0.104. The van der Waals surface area contributed by atoms with Gasteiger partial charge in [0.2, 0.25) is 0 Å². The van der Waals surface area contributed by atoms with Crippen LogP contribution in [0.2, 0.25) is 0 Å². The van der Waals surface area contributed by atoms with Crippen molar-refractivity contribution in [3.8, 4) is 0 Å². The van der Waals surface area contributed by atoms with Crippen LogP contribution >= 0.6 is 22.6 Å². The van der Waals surface area contributed by atoms with Crippen LogP contribution in [-0.4, -0.2) is 23.3 Å². The molecule has 0 N–H and O–H groups in total. The Morgan fingerprint density at radius 2 is 2.56 bits per heavy atom. The fourth-order valence-electron chi connectivity index (χ4n) is 0.737. The van der Waals surface area contributed by atoms with Crippen molar-refractivity contribution in [2.24, 2.45) is 0 Å². The second-order valence-corrected chi connectivity index (χ2v) is 2.72. The molecule has 0 amide bonds. The molecule has 1 rings (SSSR count). The third-order valence-corrected chi connectivity index (χ3v) is 1.40. The summed E-state index contributed by atoms with van der Waals surface area (Å²) in [5.74, 6) is 0. The minimum atomic E-state index is -0.247. The van der Waals surface area contributed by atoms with Gasteiger partial charge in [0.25, 0.3) is 0 Å². The van der Waals surface area contributed by atoms with E-state index in [2.05, 4.69) is 0 Å². The maximum Gasteiger partial charge on any atom is 0.367 e. The van der Waals surface area contributed by atoms with Crippen molar-refractivity contribution in [1.82, 2.24) is 0 Å². The van der Waals surface area contributed by atoms with Gasteiger partial charge in [-0.05, 0) is 0 Å². The lowest BCUT2D eigenvalue weighted by atomic mass is 10.3. The van der Waals surface area contributed by atoms with Crippen LogP contribution in [0.1, 0.15) is 6.42 Å². The topological polar surface area (TPSA) is 35.5 Å². The van der Waals surface area contributed by atoms with E-state index in [1.165, 1.54) is 0 Å². The summed E-state index contributed by atoms with van der Waals surface area (Å²) in [5, 5.41) is 0. The first-order chi connectivity index (χ1) is 4.29. The lowest BCUT2D eigenvalue weighted by Gasteiger charge is -2.04. The van der Waals surface area contributed by atoms with Crippen LogP contribution < -0.4 is 0 Å². The molecule has 52 valence electrons. The first-order valence-electron chi connectivity index (χ1n) is 2.73. The number of hydrogen-bond acceptors (Lipinski definition) is 3. The number of carbonyl (C=O) groups excluding carboxylic acids is 1. The van der Waals surface area contributed by atoms with Gasteiger partial charge in [-0.25, -0.2) is 4.79 Å². The number of rotatable bonds is 1. The molecule has 0 radical (unpaired) electrons. The number of ether oxygens (including phenoxy) is 2. The van der Waals surface area contributed by atoms with E-state index < -0.39 is 0 Å². The highest BCUT2D eigenvalue weighted by Gasteiger charge is 2.17. The average molecular weight is 242 g/mol. The zero-order valence-corrected chi connectivity index (χ0v) is 6.96. The molecular formula is C5H7IO3. The molecule has 0 spiro atoms. The van der Waals surface area contributed by atoms with E-state index in [1.807, 2.05) is 0 Å². The molecule has 0 bridgehead atoms. The monoisotopic (exact) mass is 242 g/mol. The molecule has 1 heterocycles. The molecule has 0 aromatic heterocycles. The van der Waals surface area contributed by atoms with Gasteiger partial charge in [-0.15, -0.1) is 0 Å². The zero-order chi connectivity index (χ0) is 6.69. The molecule has 3 nitrogen and oxygen atoms in total. The lowest BCUT2D eigenvalue weighted by Crippen LogP contribution is -2.12. The largest absolute Gasteiger partial charge is 0.452 e. The van der Waals surface area contributed by atoms with Gasteiger partial charge in [-0.1, -0.05) is 0 Å². The summed E-state index contributed by atoms with van der Waals surface area (Å²) in [6.07, 6.45) is 0.851. The van der Waals surface area contributed by atoms with Crippen LogP contribution in [0, 0.1) is 0 Å². The Morgan fingerprint density at radius 1 is 1.78 bits per heavy atom. The Balaban J connectivity index is 2.19. The third kappa shape index (κ3) is 2.49. The van der Waals surface area contributed by atoms with Gasteiger partial charge < -0.3 is 9.47 Å². The second kappa shape index (κ2) is 3.36. The smallest absolute Gasteiger partial charge is 0.367 e. The van der Waals surface area contributed by atoms with Gasteiger partial charge in [0.1, 0.15) is 6.10 Å². The molecule has 1 fully saturated rings. The summed E-state index contributed by atoms with van der Waals surface area (Å²) >= 11 is 1.62. The summed E-state index contributed by atoms with van der Waals surface area (Å²) in [6.45, 7) is 1.28. The summed E-state index contributed by atoms with van der Waals surface area (Å²) in [5.41, 5.74) is 0. The van der Waals surface area contributed by atoms with Gasteiger partial charge in [0.15, 0.2) is 0 Å². The summed E-state index contributed by atoms with van der Waals surface area (Å²) in [6, 6.07) is 0. The maximum atomic E-state index is 10.3. The Morgan fingerprint density at radius 3 is 3.00 bits per heavy atom. The highest BCUT2D eigenvalue weighted by Crippen LogP contribution is 2.10. The zero-order valence-electron chi connectivity index (χ0n) is 4.80. The van der Waals surface area contributed by atoms with E-state index in [1.54, 1.807) is 22.6 Å². The van der Waals surface area contributed by atoms with E-state index in [0.29, 0.717) is 13.2 Å². The van der Waals surface area contributed by atoms with Crippen molar-refractivity contribution in [2.45, 2.75) is 12.5 Å². The summed E-state index contributed by atoms with van der Waals surface area (Å²) in [7, 11) is 0. The van der Waals surface area contributed by atoms with E-state index in [9.17, 15) is 4.79 Å². The molecule has 1 atom stereocenters. The van der Waals surface area contributed by atoms with E-state index in [0.717, 1.165) is 6.42 Å². The Hall–Kier alpha value is 0.160. The van der Waals surface area contributed by atoms with Crippen molar-refractivity contribution in [3.05, 3.63) is 0 Å². The third-order valence-electron chi connectivity index (χ3n) is 1.15. The predicted molar refractivity (Wildman–Crippen MR) is 39.7 cm³/mol. The maximum absolute atomic E-state index is 10.3. The molecule has 1 aliphatic heterocycles. The van der Waals surface area contributed by atoms with Crippen LogP contribution in [0.3, 0.4) is 0 Å². The van der Waals surface area contributed by atoms with Crippen LogP contribution in [0.4, 0.5) is 4.79 Å². The number of hydrogen-bond donors (Lipinski definition) is 0. The molecule has 1 aliphatic rings. The molecule has 9 heavy (non-hydrogen) atoms. The Bertz CT molecular complexity index is 109. The average Bonchev–Trinajstić information content (AvgIpc) is 2.15. The van der Waals surface area contributed by atoms with Crippen molar-refractivity contribution < 1.29 is 14.3 Å². The number of carbonyl (C=O) groups is 1. The Kier molecular flexibility index (Phi) is 2.71. The van der Waals surface area contributed by atoms with Gasteiger partial charge in [0.05, 0.1) is 35.8 Å².